The molecule has 0 aliphatic carbocycles. The van der Waals surface area contributed by atoms with Crippen molar-refractivity contribution in [3.63, 3.8) is 0 Å². The molecule has 2 rings (SSSR count). The van der Waals surface area contributed by atoms with Crippen LogP contribution in [-0.4, -0.2) is 32.4 Å². The molecule has 1 aliphatic heterocycles. The first-order valence-corrected chi connectivity index (χ1v) is 11.3. The van der Waals surface area contributed by atoms with Crippen LogP contribution in [0.2, 0.25) is 0 Å². The summed E-state index contributed by atoms with van der Waals surface area (Å²) in [5.74, 6) is 0.446. The van der Waals surface area contributed by atoms with E-state index in [2.05, 4.69) is 19.2 Å². The maximum absolute atomic E-state index is 12.7. The number of hydrogen-bond donors (Lipinski definition) is 1. The van der Waals surface area contributed by atoms with E-state index in [1.807, 2.05) is 12.1 Å². The molecule has 0 aromatic heterocycles. The van der Waals surface area contributed by atoms with Gasteiger partial charge in [-0.1, -0.05) is 46.0 Å². The van der Waals surface area contributed by atoms with Gasteiger partial charge in [0.1, 0.15) is 0 Å². The second-order valence-electron chi connectivity index (χ2n) is 7.33. The van der Waals surface area contributed by atoms with Crippen LogP contribution in [-0.2, 0) is 10.0 Å². The van der Waals surface area contributed by atoms with Crippen molar-refractivity contribution in [3.8, 4) is 0 Å². The summed E-state index contributed by atoms with van der Waals surface area (Å²) in [7, 11) is -3.34. The summed E-state index contributed by atoms with van der Waals surface area (Å²) in [6.07, 6.45) is 9.75. The van der Waals surface area contributed by atoms with E-state index in [0.29, 0.717) is 23.9 Å². The number of nitrogens with zero attached hydrogens (tertiary/aromatic N) is 1. The molecule has 1 unspecified atom stereocenters. The van der Waals surface area contributed by atoms with Gasteiger partial charge >= 0.3 is 0 Å². The highest BCUT2D eigenvalue weighted by Crippen LogP contribution is 2.24. The van der Waals surface area contributed by atoms with E-state index < -0.39 is 10.0 Å². The van der Waals surface area contributed by atoms with Gasteiger partial charge in [-0.2, -0.15) is 4.31 Å². The summed E-state index contributed by atoms with van der Waals surface area (Å²) in [4.78, 5) is 0.409. The van der Waals surface area contributed by atoms with Gasteiger partial charge in [0.15, 0.2) is 0 Å². The number of rotatable bonds is 10. The molecule has 25 heavy (non-hydrogen) atoms. The van der Waals surface area contributed by atoms with E-state index >= 15 is 0 Å². The lowest BCUT2D eigenvalue weighted by atomic mass is 10.0. The molecule has 0 radical (unpaired) electrons. The number of piperidine rings is 1. The zero-order chi connectivity index (χ0) is 18.1. The summed E-state index contributed by atoms with van der Waals surface area (Å²) in [6.45, 7) is 6.58. The fourth-order valence-corrected chi connectivity index (χ4v) is 4.99. The first-order valence-electron chi connectivity index (χ1n) is 9.88. The average Bonchev–Trinajstić information content (AvgIpc) is 2.61. The Morgan fingerprint density at radius 2 is 1.76 bits per heavy atom. The third-order valence-corrected chi connectivity index (χ3v) is 6.85. The maximum atomic E-state index is 12.7. The highest BCUT2D eigenvalue weighted by Gasteiger charge is 2.28. The molecular weight excluding hydrogens is 332 g/mol. The minimum atomic E-state index is -3.34. The molecule has 1 aromatic rings. The largest absolute Gasteiger partial charge is 0.385 e. The Morgan fingerprint density at radius 3 is 2.44 bits per heavy atom. The van der Waals surface area contributed by atoms with E-state index in [-0.39, 0.29) is 0 Å². The highest BCUT2D eigenvalue weighted by molar-refractivity contribution is 7.89. The Bertz CT molecular complexity index is 599. The zero-order valence-corrected chi connectivity index (χ0v) is 16.7. The topological polar surface area (TPSA) is 49.4 Å². The summed E-state index contributed by atoms with van der Waals surface area (Å²) >= 11 is 0. The minimum absolute atomic E-state index is 0.409. The van der Waals surface area contributed by atoms with Gasteiger partial charge in [-0.25, -0.2) is 8.42 Å². The van der Waals surface area contributed by atoms with E-state index in [1.165, 1.54) is 32.1 Å². The molecule has 1 atom stereocenters. The average molecular weight is 367 g/mol. The standard InChI is InChI=1S/C20H34N2O2S/c1-3-4-5-6-7-8-15-21-19-11-13-20(14-12-19)25(23,24)22-16-9-10-18(2)17-22/h11-14,18,21H,3-10,15-17H2,1-2H3. The second-order valence-corrected chi connectivity index (χ2v) is 9.27. The lowest BCUT2D eigenvalue weighted by Crippen LogP contribution is -2.39. The Hall–Kier alpha value is -1.07. The third kappa shape index (κ3) is 6.30. The van der Waals surface area contributed by atoms with Crippen molar-refractivity contribution < 1.29 is 8.42 Å². The lowest BCUT2D eigenvalue weighted by molar-refractivity contribution is 0.281. The van der Waals surface area contributed by atoms with Gasteiger partial charge in [0.2, 0.25) is 10.0 Å². The second kappa shape index (κ2) is 10.2. The molecule has 0 saturated carbocycles. The first-order chi connectivity index (χ1) is 12.0. The first kappa shape index (κ1) is 20.2. The molecule has 142 valence electrons. The van der Waals surface area contributed by atoms with E-state index in [0.717, 1.165) is 31.5 Å². The zero-order valence-electron chi connectivity index (χ0n) is 15.8. The molecule has 1 aromatic carbocycles. The van der Waals surface area contributed by atoms with Crippen LogP contribution in [0.5, 0.6) is 0 Å². The summed E-state index contributed by atoms with van der Waals surface area (Å²) in [5, 5.41) is 3.39. The number of benzene rings is 1. The van der Waals surface area contributed by atoms with Gasteiger partial charge < -0.3 is 5.32 Å². The summed E-state index contributed by atoms with van der Waals surface area (Å²) in [6, 6.07) is 7.24. The maximum Gasteiger partial charge on any atom is 0.243 e. The van der Waals surface area contributed by atoms with Crippen molar-refractivity contribution in [1.82, 2.24) is 4.31 Å². The van der Waals surface area contributed by atoms with Crippen LogP contribution in [0.1, 0.15) is 65.2 Å². The van der Waals surface area contributed by atoms with Crippen LogP contribution in [0.3, 0.4) is 0 Å². The van der Waals surface area contributed by atoms with Gasteiger partial charge in [-0.05, 0) is 49.4 Å². The molecule has 1 saturated heterocycles. The monoisotopic (exact) mass is 366 g/mol. The van der Waals surface area contributed by atoms with E-state index in [1.54, 1.807) is 16.4 Å². The molecular formula is C20H34N2O2S. The van der Waals surface area contributed by atoms with Crippen LogP contribution in [0.4, 0.5) is 5.69 Å². The number of hydrogen-bond acceptors (Lipinski definition) is 3. The van der Waals surface area contributed by atoms with Crippen LogP contribution < -0.4 is 5.32 Å². The van der Waals surface area contributed by atoms with Crippen molar-refractivity contribution in [2.45, 2.75) is 70.1 Å². The Morgan fingerprint density at radius 1 is 1.08 bits per heavy atom. The molecule has 0 bridgehead atoms. The fourth-order valence-electron chi connectivity index (χ4n) is 3.40. The third-order valence-electron chi connectivity index (χ3n) is 4.97. The van der Waals surface area contributed by atoms with Crippen molar-refractivity contribution >= 4 is 15.7 Å². The quantitative estimate of drug-likeness (QED) is 0.600. The molecule has 4 nitrogen and oxygen atoms in total. The van der Waals surface area contributed by atoms with Crippen LogP contribution in [0.25, 0.3) is 0 Å². The molecule has 0 spiro atoms. The molecule has 1 fully saturated rings. The summed E-state index contributed by atoms with van der Waals surface area (Å²) < 4.78 is 27.1. The molecule has 1 aliphatic rings. The number of anilines is 1. The van der Waals surface area contributed by atoms with E-state index in [4.69, 9.17) is 0 Å². The van der Waals surface area contributed by atoms with Gasteiger partial charge in [-0.3, -0.25) is 0 Å². The normalized spacial score (nSPS) is 19.0. The lowest BCUT2D eigenvalue weighted by Gasteiger charge is -2.30. The SMILES string of the molecule is CCCCCCCCNc1ccc(S(=O)(=O)N2CCCC(C)C2)cc1. The van der Waals surface area contributed by atoms with Crippen LogP contribution in [0.15, 0.2) is 29.2 Å². The summed E-state index contributed by atoms with van der Waals surface area (Å²) in [5.41, 5.74) is 1.000. The van der Waals surface area contributed by atoms with Gasteiger partial charge in [-0.15, -0.1) is 0 Å². The highest BCUT2D eigenvalue weighted by atomic mass is 32.2. The van der Waals surface area contributed by atoms with Crippen LogP contribution in [0, 0.1) is 5.92 Å². The Labute approximate surface area is 154 Å². The van der Waals surface area contributed by atoms with Crippen LogP contribution >= 0.6 is 0 Å². The number of sulfonamides is 1. The molecule has 1 heterocycles. The Balaban J connectivity index is 1.80. The number of nitrogens with one attached hydrogen (secondary N) is 1. The van der Waals surface area contributed by atoms with Crippen molar-refractivity contribution in [2.75, 3.05) is 25.0 Å². The van der Waals surface area contributed by atoms with Crippen molar-refractivity contribution in [1.29, 1.82) is 0 Å². The smallest absolute Gasteiger partial charge is 0.243 e. The van der Waals surface area contributed by atoms with Gasteiger partial charge in [0.05, 0.1) is 4.90 Å². The predicted octanol–water partition coefficient (Wildman–Crippen LogP) is 4.88. The fraction of sp³-hybridized carbons (Fsp3) is 0.700. The molecule has 5 heteroatoms. The van der Waals surface area contributed by atoms with Gasteiger partial charge in [0.25, 0.3) is 0 Å². The predicted molar refractivity (Wildman–Crippen MR) is 105 cm³/mol. The minimum Gasteiger partial charge on any atom is -0.385 e. The number of unbranched alkanes of at least 4 members (excludes halogenated alkanes) is 5. The van der Waals surface area contributed by atoms with E-state index in [9.17, 15) is 8.42 Å². The molecule has 1 N–H and O–H groups in total. The molecule has 0 amide bonds. The van der Waals surface area contributed by atoms with Crippen molar-refractivity contribution in [2.24, 2.45) is 5.92 Å². The van der Waals surface area contributed by atoms with Gasteiger partial charge in [0, 0.05) is 25.3 Å². The van der Waals surface area contributed by atoms with Crippen molar-refractivity contribution in [3.05, 3.63) is 24.3 Å². The Kier molecular flexibility index (Phi) is 8.24.